The Labute approximate surface area is 127 Å². The maximum absolute atomic E-state index is 11.9. The van der Waals surface area contributed by atoms with E-state index in [0.717, 1.165) is 4.57 Å². The van der Waals surface area contributed by atoms with E-state index in [1.54, 1.807) is 0 Å². The van der Waals surface area contributed by atoms with E-state index in [-0.39, 0.29) is 12.0 Å². The van der Waals surface area contributed by atoms with E-state index in [4.69, 9.17) is 9.47 Å². The summed E-state index contributed by atoms with van der Waals surface area (Å²) in [5.74, 6) is -1.71. The van der Waals surface area contributed by atoms with Gasteiger partial charge in [0.05, 0.1) is 12.2 Å². The molecular formula is C12H15BrN2O6. The van der Waals surface area contributed by atoms with Gasteiger partial charge in [-0.15, -0.1) is 0 Å². The molecule has 1 fully saturated rings. The molecule has 0 aromatic carbocycles. The Kier molecular flexibility index (Phi) is 4.49. The third kappa shape index (κ3) is 2.87. The smallest absolute Gasteiger partial charge is 0.330 e. The summed E-state index contributed by atoms with van der Waals surface area (Å²) >= 11 is 3.08. The van der Waals surface area contributed by atoms with Gasteiger partial charge in [-0.05, 0) is 0 Å². The minimum absolute atomic E-state index is 0.0745. The summed E-state index contributed by atoms with van der Waals surface area (Å²) in [6.07, 6.45) is -0.683. The van der Waals surface area contributed by atoms with Crippen molar-refractivity contribution in [2.24, 2.45) is 0 Å². The van der Waals surface area contributed by atoms with Gasteiger partial charge >= 0.3 is 5.69 Å². The first-order chi connectivity index (χ1) is 9.82. The number of methoxy groups -OCH3 is 1. The number of rotatable bonds is 4. The van der Waals surface area contributed by atoms with Gasteiger partial charge in [0.15, 0.2) is 5.79 Å². The Morgan fingerprint density at radius 2 is 2.38 bits per heavy atom. The van der Waals surface area contributed by atoms with E-state index in [1.807, 2.05) is 0 Å². The maximum Gasteiger partial charge on any atom is 0.330 e. The van der Waals surface area contributed by atoms with Gasteiger partial charge in [0.25, 0.3) is 5.56 Å². The number of aromatic amines is 1. The lowest BCUT2D eigenvalue weighted by molar-refractivity contribution is -0.221. The van der Waals surface area contributed by atoms with Crippen molar-refractivity contribution in [2.45, 2.75) is 24.5 Å². The van der Waals surface area contributed by atoms with Gasteiger partial charge in [0.2, 0.25) is 0 Å². The summed E-state index contributed by atoms with van der Waals surface area (Å²) in [4.78, 5) is 25.7. The minimum Gasteiger partial charge on any atom is -0.393 e. The number of aromatic nitrogens is 2. The van der Waals surface area contributed by atoms with Crippen LogP contribution in [0.5, 0.6) is 0 Å². The first kappa shape index (κ1) is 16.1. The Hall–Kier alpha value is -1.26. The van der Waals surface area contributed by atoms with Crippen molar-refractivity contribution in [3.8, 4) is 0 Å². The highest BCUT2D eigenvalue weighted by atomic mass is 79.9. The highest BCUT2D eigenvalue weighted by molar-refractivity contribution is 9.15. The summed E-state index contributed by atoms with van der Waals surface area (Å²) in [6.45, 7) is 3.11. The van der Waals surface area contributed by atoms with E-state index >= 15 is 0 Å². The normalized spacial score (nSPS) is 28.8. The molecule has 0 aliphatic carbocycles. The van der Waals surface area contributed by atoms with Crippen LogP contribution in [0.2, 0.25) is 0 Å². The number of hydrogen-bond donors (Lipinski definition) is 3. The Bertz CT molecular complexity index is 668. The van der Waals surface area contributed by atoms with E-state index in [1.165, 1.54) is 13.3 Å². The first-order valence-corrected chi connectivity index (χ1v) is 6.85. The summed E-state index contributed by atoms with van der Waals surface area (Å²) < 4.78 is 11.8. The lowest BCUT2D eigenvalue weighted by atomic mass is 10.1. The van der Waals surface area contributed by atoms with Crippen LogP contribution in [0.3, 0.4) is 0 Å². The Balaban J connectivity index is 2.44. The van der Waals surface area contributed by atoms with E-state index in [2.05, 4.69) is 27.5 Å². The molecule has 0 unspecified atom stereocenters. The number of aliphatic hydroxyl groups excluding tert-OH is 1. The second-order valence-corrected chi connectivity index (χ2v) is 5.59. The van der Waals surface area contributed by atoms with Gasteiger partial charge in [-0.3, -0.25) is 14.3 Å². The van der Waals surface area contributed by atoms with Crippen molar-refractivity contribution in [2.75, 3.05) is 13.7 Å². The van der Waals surface area contributed by atoms with Gasteiger partial charge in [-0.2, -0.15) is 0 Å². The molecule has 0 saturated carbocycles. The van der Waals surface area contributed by atoms with Crippen molar-refractivity contribution in [3.05, 3.63) is 39.2 Å². The van der Waals surface area contributed by atoms with Crippen LogP contribution in [-0.4, -0.2) is 45.4 Å². The average molecular weight is 363 g/mol. The molecule has 1 aromatic rings. The fourth-order valence-corrected chi connectivity index (χ4v) is 2.46. The minimum atomic E-state index is -1.71. The third-order valence-electron chi connectivity index (χ3n) is 3.38. The molecule has 116 valence electrons. The second-order valence-electron chi connectivity index (χ2n) is 4.63. The number of ether oxygens (including phenoxy) is 2. The van der Waals surface area contributed by atoms with Crippen LogP contribution in [-0.2, 0) is 9.47 Å². The van der Waals surface area contributed by atoms with Gasteiger partial charge in [0, 0.05) is 24.2 Å². The van der Waals surface area contributed by atoms with Crippen molar-refractivity contribution in [1.29, 1.82) is 0 Å². The van der Waals surface area contributed by atoms with Crippen LogP contribution in [0.1, 0.15) is 18.2 Å². The van der Waals surface area contributed by atoms with E-state index in [9.17, 15) is 19.8 Å². The molecule has 0 radical (unpaired) electrons. The van der Waals surface area contributed by atoms with Gasteiger partial charge in [-0.1, -0.05) is 22.5 Å². The summed E-state index contributed by atoms with van der Waals surface area (Å²) in [6, 6.07) is 0. The zero-order valence-electron chi connectivity index (χ0n) is 11.2. The number of hydrogen-bond acceptors (Lipinski definition) is 6. The zero-order valence-corrected chi connectivity index (χ0v) is 12.8. The molecule has 2 rings (SSSR count). The van der Waals surface area contributed by atoms with Crippen LogP contribution in [0.25, 0.3) is 4.48 Å². The third-order valence-corrected chi connectivity index (χ3v) is 3.81. The molecule has 0 spiro atoms. The van der Waals surface area contributed by atoms with Gasteiger partial charge in [0.1, 0.15) is 12.3 Å². The molecule has 2 heterocycles. The van der Waals surface area contributed by atoms with E-state index < -0.39 is 36.0 Å². The van der Waals surface area contributed by atoms with Crippen LogP contribution in [0.15, 0.2) is 22.4 Å². The number of H-pyrrole nitrogens is 1. The summed E-state index contributed by atoms with van der Waals surface area (Å²) in [5.41, 5.74) is -1.12. The molecule has 8 nitrogen and oxygen atoms in total. The predicted octanol–water partition coefficient (Wildman–Crippen LogP) is -0.483. The number of aliphatic hydroxyl groups is 2. The van der Waals surface area contributed by atoms with Crippen molar-refractivity contribution < 1.29 is 19.7 Å². The fraction of sp³-hybridized carbons (Fsp3) is 0.500. The maximum atomic E-state index is 11.9. The molecular weight excluding hydrogens is 348 g/mol. The molecule has 1 aliphatic heterocycles. The molecule has 3 N–H and O–H groups in total. The lowest BCUT2D eigenvalue weighted by Gasteiger charge is -2.24. The van der Waals surface area contributed by atoms with Crippen LogP contribution >= 0.6 is 15.9 Å². The highest BCUT2D eigenvalue weighted by Gasteiger charge is 2.48. The zero-order chi connectivity index (χ0) is 15.8. The molecule has 9 heteroatoms. The molecule has 0 amide bonds. The monoisotopic (exact) mass is 362 g/mol. The van der Waals surface area contributed by atoms with E-state index in [0.29, 0.717) is 4.48 Å². The molecule has 1 aromatic heterocycles. The van der Waals surface area contributed by atoms with Crippen molar-refractivity contribution in [3.63, 3.8) is 0 Å². The van der Waals surface area contributed by atoms with Crippen LogP contribution < -0.4 is 11.2 Å². The SMILES string of the molecule is C=C(Br)c1cn([C@H]2C[C@@](O)(OC)[C@@H](CO)O2)c(=O)[nH]c1=O. The molecule has 1 aliphatic rings. The highest BCUT2D eigenvalue weighted by Crippen LogP contribution is 2.36. The summed E-state index contributed by atoms with van der Waals surface area (Å²) in [7, 11) is 1.27. The topological polar surface area (TPSA) is 114 Å². The fourth-order valence-electron chi connectivity index (χ4n) is 2.18. The Morgan fingerprint density at radius 3 is 2.86 bits per heavy atom. The molecule has 3 atom stereocenters. The average Bonchev–Trinajstić information content (AvgIpc) is 2.76. The van der Waals surface area contributed by atoms with Crippen LogP contribution in [0.4, 0.5) is 0 Å². The quantitative estimate of drug-likeness (QED) is 0.623. The largest absolute Gasteiger partial charge is 0.393 e. The number of nitrogens with one attached hydrogen (secondary N) is 1. The molecule has 0 bridgehead atoms. The Morgan fingerprint density at radius 1 is 1.71 bits per heavy atom. The van der Waals surface area contributed by atoms with Crippen molar-refractivity contribution in [1.82, 2.24) is 9.55 Å². The molecule has 21 heavy (non-hydrogen) atoms. The molecule has 1 saturated heterocycles. The second kappa shape index (κ2) is 5.85. The predicted molar refractivity (Wildman–Crippen MR) is 76.9 cm³/mol. The first-order valence-electron chi connectivity index (χ1n) is 6.06. The lowest BCUT2D eigenvalue weighted by Crippen LogP contribution is -2.42. The number of nitrogens with zero attached hydrogens (tertiary/aromatic N) is 1. The van der Waals surface area contributed by atoms with Crippen molar-refractivity contribution >= 4 is 20.4 Å². The summed E-state index contributed by atoms with van der Waals surface area (Å²) in [5, 5.41) is 19.4. The number of halogens is 1. The standard InChI is InChI=1S/C12H15BrN2O6/c1-6(13)7-4-15(11(18)14-10(7)17)9-3-12(19,20-2)8(5-16)21-9/h4,8-9,16,19H,1,3,5H2,2H3,(H,14,17,18)/t8-,9-,12-/m1/s1. The van der Waals surface area contributed by atoms with Gasteiger partial charge < -0.3 is 19.7 Å². The van der Waals surface area contributed by atoms with Gasteiger partial charge in [-0.25, -0.2) is 4.79 Å². The van der Waals surface area contributed by atoms with Crippen LogP contribution in [0, 0.1) is 0 Å².